The lowest BCUT2D eigenvalue weighted by molar-refractivity contribution is 0.392. The highest BCUT2D eigenvalue weighted by Gasteiger charge is 2.27. The Labute approximate surface area is 187 Å². The number of rotatable bonds is 6. The minimum Gasteiger partial charge on any atom is -0.365 e. The number of nitrogens with one attached hydrogen (secondary N) is 2. The molecule has 0 radical (unpaired) electrons. The van der Waals surface area contributed by atoms with Crippen LogP contribution >= 0.6 is 24.0 Å². The summed E-state index contributed by atoms with van der Waals surface area (Å²) in [5.41, 5.74) is 2.03. The number of benzene rings is 1. The maximum Gasteiger partial charge on any atom is 0.191 e. The first-order valence-corrected chi connectivity index (χ1v) is 9.65. The predicted molar refractivity (Wildman–Crippen MR) is 121 cm³/mol. The van der Waals surface area contributed by atoms with Crippen LogP contribution < -0.4 is 15.5 Å². The molecule has 2 heterocycles. The maximum absolute atomic E-state index is 14.0. The summed E-state index contributed by atoms with van der Waals surface area (Å²) in [5.74, 6) is 0.473. The number of aliphatic imine (C=N–C) groups is 1. The Morgan fingerprint density at radius 1 is 1.31 bits per heavy atom. The van der Waals surface area contributed by atoms with Crippen molar-refractivity contribution in [1.82, 2.24) is 15.8 Å². The zero-order chi connectivity index (χ0) is 20.1. The van der Waals surface area contributed by atoms with Crippen LogP contribution in [0.15, 0.2) is 27.7 Å². The number of guanidine groups is 1. The van der Waals surface area contributed by atoms with Crippen LogP contribution in [-0.2, 0) is 6.42 Å². The number of aromatic nitrogens is 1. The third-order valence-electron chi connectivity index (χ3n) is 4.94. The van der Waals surface area contributed by atoms with E-state index < -0.39 is 11.6 Å². The summed E-state index contributed by atoms with van der Waals surface area (Å²) in [6.07, 6.45) is 1.52. The molecule has 6 nitrogen and oxygen atoms in total. The minimum absolute atomic E-state index is 0. The largest absolute Gasteiger partial charge is 0.365 e. The molecule has 1 aromatic carbocycles. The maximum atomic E-state index is 14.0. The topological polar surface area (TPSA) is 65.7 Å². The van der Waals surface area contributed by atoms with Gasteiger partial charge in [-0.05, 0) is 45.7 Å². The number of aryl methyl sites for hydroxylation is 2. The second-order valence-electron chi connectivity index (χ2n) is 6.96. The van der Waals surface area contributed by atoms with Crippen LogP contribution in [-0.4, -0.2) is 43.3 Å². The fourth-order valence-corrected chi connectivity index (χ4v) is 3.52. The van der Waals surface area contributed by atoms with Crippen molar-refractivity contribution in [3.63, 3.8) is 0 Å². The number of anilines is 1. The van der Waals surface area contributed by atoms with Gasteiger partial charge in [-0.1, -0.05) is 11.2 Å². The van der Waals surface area contributed by atoms with E-state index in [1.165, 1.54) is 18.2 Å². The van der Waals surface area contributed by atoms with E-state index >= 15 is 0 Å². The molecule has 3 rings (SSSR count). The van der Waals surface area contributed by atoms with Crippen LogP contribution in [0.2, 0.25) is 0 Å². The van der Waals surface area contributed by atoms with Gasteiger partial charge in [0, 0.05) is 37.8 Å². The molecule has 1 atom stereocenters. The molecule has 1 unspecified atom stereocenters. The molecule has 29 heavy (non-hydrogen) atoms. The van der Waals surface area contributed by atoms with Crippen molar-refractivity contribution >= 4 is 35.6 Å². The second-order valence-corrected chi connectivity index (χ2v) is 6.96. The van der Waals surface area contributed by atoms with Crippen molar-refractivity contribution in [2.45, 2.75) is 39.7 Å². The number of para-hydroxylation sites is 1. The summed E-state index contributed by atoms with van der Waals surface area (Å²) < 4.78 is 33.2. The zero-order valence-electron chi connectivity index (χ0n) is 17.0. The van der Waals surface area contributed by atoms with E-state index in [4.69, 9.17) is 4.52 Å². The number of hydrogen-bond donors (Lipinski definition) is 2. The van der Waals surface area contributed by atoms with E-state index in [2.05, 4.69) is 20.8 Å². The molecule has 0 spiro atoms. The molecule has 1 aliphatic heterocycles. The molecule has 1 aliphatic rings. The van der Waals surface area contributed by atoms with E-state index in [0.29, 0.717) is 25.6 Å². The molecular weight excluding hydrogens is 491 g/mol. The minimum atomic E-state index is -0.527. The van der Waals surface area contributed by atoms with Crippen LogP contribution in [0.5, 0.6) is 0 Å². The normalized spacial score (nSPS) is 16.7. The smallest absolute Gasteiger partial charge is 0.191 e. The van der Waals surface area contributed by atoms with E-state index in [1.54, 1.807) is 4.90 Å². The molecular formula is C20H28F2IN5O. The highest BCUT2D eigenvalue weighted by atomic mass is 127. The van der Waals surface area contributed by atoms with E-state index in [1.807, 2.05) is 20.8 Å². The van der Waals surface area contributed by atoms with Crippen LogP contribution in [0.25, 0.3) is 0 Å². The number of halogens is 3. The predicted octanol–water partition coefficient (Wildman–Crippen LogP) is 3.56. The molecule has 0 saturated carbocycles. The molecule has 1 fully saturated rings. The van der Waals surface area contributed by atoms with Gasteiger partial charge in [0.05, 0.1) is 5.69 Å². The van der Waals surface area contributed by atoms with Gasteiger partial charge in [-0.25, -0.2) is 8.78 Å². The van der Waals surface area contributed by atoms with Crippen molar-refractivity contribution in [3.8, 4) is 0 Å². The van der Waals surface area contributed by atoms with Crippen molar-refractivity contribution < 1.29 is 13.3 Å². The average Bonchev–Trinajstić information content (AvgIpc) is 3.23. The number of hydrogen-bond acceptors (Lipinski definition) is 4. The standard InChI is InChI=1S/C20H27F2N5O.HI/c1-4-23-20(24-10-8-16-13(2)26-28-14(16)3)25-15-9-11-27(12-15)19-17(21)6-5-7-18(19)22;/h5-7,15H,4,8-12H2,1-3H3,(H2,23,24,25);1H. The van der Waals surface area contributed by atoms with Gasteiger partial charge in [0.15, 0.2) is 5.96 Å². The second kappa shape index (κ2) is 10.7. The van der Waals surface area contributed by atoms with E-state index in [0.717, 1.165) is 36.4 Å². The lowest BCUT2D eigenvalue weighted by Crippen LogP contribution is -2.44. The van der Waals surface area contributed by atoms with Crippen molar-refractivity contribution in [2.75, 3.05) is 31.1 Å². The molecule has 2 aromatic rings. The Morgan fingerprint density at radius 2 is 2.03 bits per heavy atom. The van der Waals surface area contributed by atoms with Gasteiger partial charge < -0.3 is 20.1 Å². The molecule has 9 heteroatoms. The number of nitrogens with zero attached hydrogens (tertiary/aromatic N) is 3. The van der Waals surface area contributed by atoms with Crippen molar-refractivity contribution in [3.05, 3.63) is 46.9 Å². The van der Waals surface area contributed by atoms with Gasteiger partial charge in [0.2, 0.25) is 0 Å². The molecule has 0 aliphatic carbocycles. The first-order valence-electron chi connectivity index (χ1n) is 9.65. The highest BCUT2D eigenvalue weighted by Crippen LogP contribution is 2.26. The first kappa shape index (κ1) is 23.4. The summed E-state index contributed by atoms with van der Waals surface area (Å²) in [4.78, 5) is 6.37. The van der Waals surface area contributed by atoms with Gasteiger partial charge in [-0.3, -0.25) is 4.99 Å². The van der Waals surface area contributed by atoms with Crippen molar-refractivity contribution in [1.29, 1.82) is 0 Å². The third-order valence-corrected chi connectivity index (χ3v) is 4.94. The highest BCUT2D eigenvalue weighted by molar-refractivity contribution is 14.0. The fourth-order valence-electron chi connectivity index (χ4n) is 3.52. The van der Waals surface area contributed by atoms with Crippen LogP contribution in [0.1, 0.15) is 30.4 Å². The van der Waals surface area contributed by atoms with E-state index in [9.17, 15) is 8.78 Å². The Morgan fingerprint density at radius 3 is 2.66 bits per heavy atom. The molecule has 0 amide bonds. The lowest BCUT2D eigenvalue weighted by Gasteiger charge is -2.21. The van der Waals surface area contributed by atoms with Gasteiger partial charge in [0.1, 0.15) is 23.1 Å². The summed E-state index contributed by atoms with van der Waals surface area (Å²) in [7, 11) is 0. The SMILES string of the molecule is CCNC(=NCCc1c(C)noc1C)NC1CCN(c2c(F)cccc2F)C1.I. The van der Waals surface area contributed by atoms with E-state index in [-0.39, 0.29) is 35.7 Å². The van der Waals surface area contributed by atoms with Crippen LogP contribution in [0.4, 0.5) is 14.5 Å². The van der Waals surface area contributed by atoms with Crippen molar-refractivity contribution in [2.24, 2.45) is 4.99 Å². The molecule has 1 aromatic heterocycles. The van der Waals surface area contributed by atoms with Gasteiger partial charge in [-0.2, -0.15) is 0 Å². The lowest BCUT2D eigenvalue weighted by atomic mass is 10.1. The molecule has 1 saturated heterocycles. The molecule has 2 N–H and O–H groups in total. The van der Waals surface area contributed by atoms with Crippen LogP contribution in [0, 0.1) is 25.5 Å². The van der Waals surface area contributed by atoms with Gasteiger partial charge >= 0.3 is 0 Å². The quantitative estimate of drug-likeness (QED) is 0.347. The summed E-state index contributed by atoms with van der Waals surface area (Å²) >= 11 is 0. The average molecular weight is 519 g/mol. The molecule has 0 bridgehead atoms. The Balaban J connectivity index is 0.00000300. The van der Waals surface area contributed by atoms with Gasteiger partial charge in [-0.15, -0.1) is 24.0 Å². The Hall–Kier alpha value is -1.91. The first-order chi connectivity index (χ1) is 13.5. The summed E-state index contributed by atoms with van der Waals surface area (Å²) in [6, 6.07) is 4.03. The zero-order valence-corrected chi connectivity index (χ0v) is 19.3. The Bertz CT molecular complexity index is 803. The fraction of sp³-hybridized carbons (Fsp3) is 0.500. The molecule has 160 valence electrons. The summed E-state index contributed by atoms with van der Waals surface area (Å²) in [6.45, 7) is 8.26. The Kier molecular flexibility index (Phi) is 8.66. The van der Waals surface area contributed by atoms with Gasteiger partial charge in [0.25, 0.3) is 0 Å². The summed E-state index contributed by atoms with van der Waals surface area (Å²) in [5, 5.41) is 10.6. The monoisotopic (exact) mass is 519 g/mol. The third kappa shape index (κ3) is 5.80. The van der Waals surface area contributed by atoms with Crippen LogP contribution in [0.3, 0.4) is 0 Å².